The quantitative estimate of drug-likeness (QED) is 0.271. The summed E-state index contributed by atoms with van der Waals surface area (Å²) < 4.78 is 5.01. The lowest BCUT2D eigenvalue weighted by Gasteiger charge is -2.07. The number of unbranched alkanes of at least 4 members (excludes halogenated alkanes) is 2. The summed E-state index contributed by atoms with van der Waals surface area (Å²) >= 11 is 0. The van der Waals surface area contributed by atoms with Crippen molar-refractivity contribution in [1.29, 1.82) is 0 Å². The summed E-state index contributed by atoms with van der Waals surface area (Å²) in [5.41, 5.74) is 3.81. The van der Waals surface area contributed by atoms with Crippen molar-refractivity contribution in [2.24, 2.45) is 0 Å². The lowest BCUT2D eigenvalue weighted by atomic mass is 10.1. The highest BCUT2D eigenvalue weighted by Crippen LogP contribution is 2.24. The number of hydrogen-bond acceptors (Lipinski definition) is 3. The highest BCUT2D eigenvalue weighted by molar-refractivity contribution is 5.91. The molecule has 0 heterocycles. The SMILES string of the molecule is [C-]#[N+]c1ccc(-c2ccc(NC(=O)CCCCCOC(=O)C(=C)C)cc2)cc1. The zero-order valence-electron chi connectivity index (χ0n) is 16.0. The number of hydrogen-bond donors (Lipinski definition) is 1. The van der Waals surface area contributed by atoms with E-state index in [0.29, 0.717) is 24.3 Å². The van der Waals surface area contributed by atoms with Gasteiger partial charge in [0.15, 0.2) is 5.69 Å². The molecule has 0 aliphatic carbocycles. The van der Waals surface area contributed by atoms with Crippen molar-refractivity contribution in [2.45, 2.75) is 32.6 Å². The summed E-state index contributed by atoms with van der Waals surface area (Å²) in [5, 5.41) is 2.89. The molecule has 0 aliphatic rings. The van der Waals surface area contributed by atoms with Crippen LogP contribution in [-0.2, 0) is 14.3 Å². The Morgan fingerprint density at radius 3 is 2.18 bits per heavy atom. The van der Waals surface area contributed by atoms with E-state index in [4.69, 9.17) is 11.3 Å². The number of benzene rings is 2. The highest BCUT2D eigenvalue weighted by Gasteiger charge is 2.05. The number of anilines is 1. The summed E-state index contributed by atoms with van der Waals surface area (Å²) in [4.78, 5) is 26.6. The molecule has 0 saturated heterocycles. The molecular weight excluding hydrogens is 352 g/mol. The van der Waals surface area contributed by atoms with Crippen LogP contribution in [0.3, 0.4) is 0 Å². The lowest BCUT2D eigenvalue weighted by molar-refractivity contribution is -0.139. The number of carbonyl (C=O) groups is 2. The summed E-state index contributed by atoms with van der Waals surface area (Å²) in [7, 11) is 0. The van der Waals surface area contributed by atoms with E-state index in [2.05, 4.69) is 16.7 Å². The van der Waals surface area contributed by atoms with E-state index >= 15 is 0 Å². The first-order valence-corrected chi connectivity index (χ1v) is 9.20. The molecule has 0 unspecified atom stereocenters. The van der Waals surface area contributed by atoms with Gasteiger partial charge in [-0.3, -0.25) is 4.79 Å². The topological polar surface area (TPSA) is 59.8 Å². The molecule has 0 fully saturated rings. The molecule has 0 saturated carbocycles. The van der Waals surface area contributed by atoms with Gasteiger partial charge in [0.25, 0.3) is 0 Å². The predicted molar refractivity (Wildman–Crippen MR) is 111 cm³/mol. The van der Waals surface area contributed by atoms with Crippen LogP contribution in [0.5, 0.6) is 0 Å². The molecule has 0 radical (unpaired) electrons. The highest BCUT2D eigenvalue weighted by atomic mass is 16.5. The van der Waals surface area contributed by atoms with Gasteiger partial charge < -0.3 is 10.1 Å². The lowest BCUT2D eigenvalue weighted by Crippen LogP contribution is -2.11. The van der Waals surface area contributed by atoms with Crippen molar-refractivity contribution >= 4 is 23.3 Å². The van der Waals surface area contributed by atoms with Crippen LogP contribution in [0.15, 0.2) is 60.7 Å². The fraction of sp³-hybridized carbons (Fsp3) is 0.261. The molecule has 0 atom stereocenters. The first-order valence-electron chi connectivity index (χ1n) is 9.20. The third-order valence-electron chi connectivity index (χ3n) is 4.13. The number of nitrogens with zero attached hydrogens (tertiary/aromatic N) is 1. The molecule has 0 spiro atoms. The largest absolute Gasteiger partial charge is 0.462 e. The van der Waals surface area contributed by atoms with Gasteiger partial charge in [-0.15, -0.1) is 0 Å². The average molecular weight is 376 g/mol. The molecule has 0 aliphatic heterocycles. The van der Waals surface area contributed by atoms with Crippen LogP contribution in [0.1, 0.15) is 32.6 Å². The molecule has 1 N–H and O–H groups in total. The first kappa shape index (κ1) is 20.9. The van der Waals surface area contributed by atoms with Gasteiger partial charge in [0.2, 0.25) is 5.91 Å². The summed E-state index contributed by atoms with van der Waals surface area (Å²) in [5.74, 6) is -0.406. The maximum absolute atomic E-state index is 12.0. The molecule has 2 aromatic carbocycles. The molecule has 0 bridgehead atoms. The van der Waals surface area contributed by atoms with E-state index in [1.54, 1.807) is 19.1 Å². The summed E-state index contributed by atoms with van der Waals surface area (Å²) in [6.07, 6.45) is 2.71. The minimum Gasteiger partial charge on any atom is -0.462 e. The van der Waals surface area contributed by atoms with E-state index in [-0.39, 0.29) is 11.9 Å². The number of nitrogens with one attached hydrogen (secondary N) is 1. The Balaban J connectivity index is 1.71. The van der Waals surface area contributed by atoms with E-state index < -0.39 is 0 Å². The molecule has 2 rings (SSSR count). The number of esters is 1. The average Bonchev–Trinajstić information content (AvgIpc) is 2.71. The third kappa shape index (κ3) is 6.73. The Morgan fingerprint density at radius 1 is 1.00 bits per heavy atom. The minimum absolute atomic E-state index is 0.0342. The number of amides is 1. The van der Waals surface area contributed by atoms with Crippen molar-refractivity contribution in [2.75, 3.05) is 11.9 Å². The zero-order valence-corrected chi connectivity index (χ0v) is 16.0. The molecule has 2 aromatic rings. The van der Waals surface area contributed by atoms with Crippen LogP contribution in [0.4, 0.5) is 11.4 Å². The first-order chi connectivity index (χ1) is 13.5. The van der Waals surface area contributed by atoms with Gasteiger partial charge in [-0.05, 0) is 49.4 Å². The van der Waals surface area contributed by atoms with E-state index in [1.165, 1.54) is 0 Å². The fourth-order valence-electron chi connectivity index (χ4n) is 2.55. The van der Waals surface area contributed by atoms with Crippen LogP contribution in [0.25, 0.3) is 16.0 Å². The van der Waals surface area contributed by atoms with Crippen LogP contribution in [0, 0.1) is 6.57 Å². The van der Waals surface area contributed by atoms with Crippen molar-refractivity contribution in [3.63, 3.8) is 0 Å². The van der Waals surface area contributed by atoms with E-state index in [1.807, 2.05) is 36.4 Å². The minimum atomic E-state index is -0.372. The van der Waals surface area contributed by atoms with Crippen molar-refractivity contribution < 1.29 is 14.3 Å². The van der Waals surface area contributed by atoms with E-state index in [9.17, 15) is 9.59 Å². The number of ether oxygens (including phenoxy) is 1. The second-order valence-corrected chi connectivity index (χ2v) is 6.51. The van der Waals surface area contributed by atoms with Gasteiger partial charge in [0.05, 0.1) is 13.2 Å². The van der Waals surface area contributed by atoms with Crippen LogP contribution in [0.2, 0.25) is 0 Å². The molecule has 144 valence electrons. The third-order valence-corrected chi connectivity index (χ3v) is 4.13. The van der Waals surface area contributed by atoms with Gasteiger partial charge in [-0.25, -0.2) is 9.64 Å². The van der Waals surface area contributed by atoms with Crippen LogP contribution >= 0.6 is 0 Å². The van der Waals surface area contributed by atoms with Crippen LogP contribution in [-0.4, -0.2) is 18.5 Å². The Hall–Kier alpha value is -3.39. The van der Waals surface area contributed by atoms with Gasteiger partial charge >= 0.3 is 5.97 Å². The standard InChI is InChI=1S/C23H24N2O3/c1-17(2)23(27)28-16-6-4-5-7-22(26)25-21-14-10-19(11-15-21)18-8-12-20(24-3)13-9-18/h8-15H,1,4-7,16H2,2H3,(H,25,26). The predicted octanol–water partition coefficient (Wildman–Crippen LogP) is 5.52. The van der Waals surface area contributed by atoms with Gasteiger partial charge in [-0.2, -0.15) is 0 Å². The molecular formula is C23H24N2O3. The van der Waals surface area contributed by atoms with Gasteiger partial charge in [-0.1, -0.05) is 43.0 Å². The van der Waals surface area contributed by atoms with Gasteiger partial charge in [0, 0.05) is 17.7 Å². The second-order valence-electron chi connectivity index (χ2n) is 6.51. The van der Waals surface area contributed by atoms with Crippen LogP contribution < -0.4 is 5.32 Å². The molecule has 1 amide bonds. The van der Waals surface area contributed by atoms with Crippen molar-refractivity contribution in [3.8, 4) is 11.1 Å². The summed E-state index contributed by atoms with van der Waals surface area (Å²) in [6, 6.07) is 15.0. The van der Waals surface area contributed by atoms with E-state index in [0.717, 1.165) is 36.1 Å². The van der Waals surface area contributed by atoms with Crippen molar-refractivity contribution in [3.05, 3.63) is 72.1 Å². The smallest absolute Gasteiger partial charge is 0.333 e. The molecule has 28 heavy (non-hydrogen) atoms. The second kappa shape index (κ2) is 10.7. The molecule has 0 aromatic heterocycles. The maximum atomic E-state index is 12.0. The Kier molecular flexibility index (Phi) is 7.98. The summed E-state index contributed by atoms with van der Waals surface area (Å²) in [6.45, 7) is 12.5. The Morgan fingerprint density at radius 2 is 1.61 bits per heavy atom. The number of rotatable bonds is 9. The van der Waals surface area contributed by atoms with Gasteiger partial charge in [0.1, 0.15) is 0 Å². The monoisotopic (exact) mass is 376 g/mol. The number of carbonyl (C=O) groups excluding carboxylic acids is 2. The fourth-order valence-corrected chi connectivity index (χ4v) is 2.55. The molecule has 5 heteroatoms. The normalized spacial score (nSPS) is 10.0. The Labute approximate surface area is 165 Å². The zero-order chi connectivity index (χ0) is 20.4. The Bertz CT molecular complexity index is 862. The maximum Gasteiger partial charge on any atom is 0.333 e. The molecule has 5 nitrogen and oxygen atoms in total. The van der Waals surface area contributed by atoms with Crippen molar-refractivity contribution in [1.82, 2.24) is 0 Å².